The molecule has 0 heterocycles. The van der Waals surface area contributed by atoms with Crippen molar-refractivity contribution in [3.8, 4) is 0 Å². The predicted molar refractivity (Wildman–Crippen MR) is 60.2 cm³/mol. The van der Waals surface area contributed by atoms with Crippen molar-refractivity contribution in [3.05, 3.63) is 12.7 Å². The van der Waals surface area contributed by atoms with E-state index in [0.717, 1.165) is 18.9 Å². The highest BCUT2D eigenvalue weighted by Gasteiger charge is 2.16. The number of hydrogen-bond acceptors (Lipinski definition) is 3. The Morgan fingerprint density at radius 2 is 2.07 bits per heavy atom. The number of hydrogen-bond donors (Lipinski definition) is 1. The summed E-state index contributed by atoms with van der Waals surface area (Å²) >= 11 is 0. The minimum Gasteiger partial charge on any atom is -0.463 e. The Hall–Kier alpha value is -0.600. The van der Waals surface area contributed by atoms with E-state index in [-0.39, 0.29) is 12.8 Å². The Morgan fingerprint density at radius 3 is 2.60 bits per heavy atom. The number of carbonyl (C=O) groups excluding carboxylic acids is 1. The van der Waals surface area contributed by atoms with Gasteiger partial charge in [0.05, 0.1) is 6.61 Å². The van der Waals surface area contributed by atoms with Crippen LogP contribution in [0.15, 0.2) is 12.7 Å². The molecule has 0 radical (unpaired) electrons. The summed E-state index contributed by atoms with van der Waals surface area (Å²) in [5, 5.41) is 0. The van der Waals surface area contributed by atoms with E-state index in [4.69, 9.17) is 4.74 Å². The van der Waals surface area contributed by atoms with E-state index in [0.29, 0.717) is 12.6 Å². The highest BCUT2D eigenvalue weighted by molar-refractivity contribution is 7.57. The lowest BCUT2D eigenvalue weighted by Gasteiger charge is -2.10. The van der Waals surface area contributed by atoms with Gasteiger partial charge in [-0.2, -0.15) is 0 Å². The second-order valence-corrected chi connectivity index (χ2v) is 5.96. The van der Waals surface area contributed by atoms with Crippen LogP contribution < -0.4 is 0 Å². The molecule has 0 aliphatic rings. The molecule has 0 fully saturated rings. The molecule has 1 atom stereocenters. The van der Waals surface area contributed by atoms with Crippen LogP contribution in [0.2, 0.25) is 0 Å². The van der Waals surface area contributed by atoms with E-state index in [1.165, 1.54) is 0 Å². The molecule has 0 aromatic rings. The smallest absolute Gasteiger partial charge is 0.330 e. The van der Waals surface area contributed by atoms with Crippen LogP contribution >= 0.6 is 7.37 Å². The van der Waals surface area contributed by atoms with Crippen molar-refractivity contribution in [1.82, 2.24) is 0 Å². The molecule has 0 bridgehead atoms. The van der Waals surface area contributed by atoms with Crippen molar-refractivity contribution >= 4 is 13.3 Å². The molecule has 0 aromatic heterocycles. The van der Waals surface area contributed by atoms with Gasteiger partial charge in [-0.1, -0.05) is 19.9 Å². The fourth-order valence-corrected chi connectivity index (χ4v) is 2.72. The number of ether oxygens (including phenoxy) is 1. The van der Waals surface area contributed by atoms with Crippen LogP contribution in [0.25, 0.3) is 0 Å². The number of carbonyl (C=O) groups is 1. The molecule has 5 heteroatoms. The van der Waals surface area contributed by atoms with E-state index in [9.17, 15) is 14.3 Å². The number of esters is 1. The van der Waals surface area contributed by atoms with Crippen molar-refractivity contribution in [2.75, 3.05) is 18.9 Å². The zero-order valence-electron chi connectivity index (χ0n) is 9.15. The highest BCUT2D eigenvalue weighted by Crippen LogP contribution is 2.41. The quantitative estimate of drug-likeness (QED) is 0.302. The monoisotopic (exact) mass is 234 g/mol. The first-order valence-corrected chi connectivity index (χ1v) is 7.15. The van der Waals surface area contributed by atoms with Crippen LogP contribution in [0.4, 0.5) is 0 Å². The third-order valence-corrected chi connectivity index (χ3v) is 3.95. The Labute approximate surface area is 90.8 Å². The van der Waals surface area contributed by atoms with Crippen molar-refractivity contribution in [1.29, 1.82) is 0 Å². The molecule has 0 spiro atoms. The van der Waals surface area contributed by atoms with Gasteiger partial charge in [0.2, 0.25) is 7.37 Å². The summed E-state index contributed by atoms with van der Waals surface area (Å²) < 4.78 is 16.2. The zero-order valence-corrected chi connectivity index (χ0v) is 10.0. The Kier molecular flexibility index (Phi) is 7.35. The topological polar surface area (TPSA) is 63.6 Å². The number of unbranched alkanes of at least 4 members (excludes halogenated alkanes) is 1. The fourth-order valence-electron chi connectivity index (χ4n) is 1.06. The molecular formula is C10H19O4P. The van der Waals surface area contributed by atoms with E-state index >= 15 is 0 Å². The summed E-state index contributed by atoms with van der Waals surface area (Å²) in [6.45, 7) is 5.41. The van der Waals surface area contributed by atoms with Gasteiger partial charge in [-0.05, 0) is 12.8 Å². The van der Waals surface area contributed by atoms with Gasteiger partial charge in [-0.25, -0.2) is 4.79 Å². The molecule has 0 aliphatic heterocycles. The molecule has 4 nitrogen and oxygen atoms in total. The molecule has 0 saturated heterocycles. The van der Waals surface area contributed by atoms with Crippen LogP contribution in [-0.4, -0.2) is 29.8 Å². The Bertz CT molecular complexity index is 250. The molecular weight excluding hydrogens is 215 g/mol. The first-order chi connectivity index (χ1) is 7.02. The lowest BCUT2D eigenvalue weighted by atomic mass is 10.4. The van der Waals surface area contributed by atoms with E-state index < -0.39 is 13.3 Å². The van der Waals surface area contributed by atoms with Crippen LogP contribution in [0, 0.1) is 0 Å². The molecule has 1 N–H and O–H groups in total. The van der Waals surface area contributed by atoms with Crippen molar-refractivity contribution in [2.45, 2.75) is 26.2 Å². The molecule has 0 rings (SSSR count). The zero-order chi connectivity index (χ0) is 11.7. The normalized spacial score (nSPS) is 14.3. The minimum absolute atomic E-state index is 0.182. The van der Waals surface area contributed by atoms with Gasteiger partial charge >= 0.3 is 5.97 Å². The second-order valence-electron chi connectivity index (χ2n) is 3.37. The maximum Gasteiger partial charge on any atom is 0.330 e. The van der Waals surface area contributed by atoms with Gasteiger partial charge in [0.1, 0.15) is 0 Å². The fraction of sp³-hybridized carbons (Fsp3) is 0.700. The highest BCUT2D eigenvalue weighted by atomic mass is 31.2. The summed E-state index contributed by atoms with van der Waals surface area (Å²) in [6, 6.07) is 0. The van der Waals surface area contributed by atoms with E-state index in [1.807, 2.05) is 6.92 Å². The average Bonchev–Trinajstić information content (AvgIpc) is 2.21. The van der Waals surface area contributed by atoms with Crippen LogP contribution in [0.3, 0.4) is 0 Å². The lowest BCUT2D eigenvalue weighted by molar-refractivity contribution is -0.137. The Balaban J connectivity index is 3.61. The third-order valence-electron chi connectivity index (χ3n) is 1.92. The first-order valence-electron chi connectivity index (χ1n) is 5.12. The minimum atomic E-state index is -2.99. The third kappa shape index (κ3) is 8.40. The maximum atomic E-state index is 11.5. The van der Waals surface area contributed by atoms with E-state index in [2.05, 4.69) is 6.58 Å². The second kappa shape index (κ2) is 7.66. The summed E-state index contributed by atoms with van der Waals surface area (Å²) in [5.74, 6) is -0.490. The molecule has 1 unspecified atom stereocenters. The van der Waals surface area contributed by atoms with Gasteiger partial charge in [-0.15, -0.1) is 0 Å². The number of rotatable bonds is 8. The Morgan fingerprint density at radius 1 is 1.47 bits per heavy atom. The summed E-state index contributed by atoms with van der Waals surface area (Å²) in [4.78, 5) is 20.1. The molecule has 88 valence electrons. The van der Waals surface area contributed by atoms with Gasteiger partial charge in [0.15, 0.2) is 0 Å². The molecule has 0 aromatic carbocycles. The predicted octanol–water partition coefficient (Wildman–Crippen LogP) is 2.18. The van der Waals surface area contributed by atoms with Crippen molar-refractivity contribution in [2.24, 2.45) is 0 Å². The standard InChI is InChI=1S/C10H19O4P/c1-3-5-8-15(12,13)9-6-7-14-10(11)4-2/h4H,2-3,5-9H2,1H3,(H,12,13). The molecule has 15 heavy (non-hydrogen) atoms. The van der Waals surface area contributed by atoms with Gasteiger partial charge in [0, 0.05) is 18.4 Å². The van der Waals surface area contributed by atoms with E-state index in [1.54, 1.807) is 0 Å². The largest absolute Gasteiger partial charge is 0.463 e. The molecule has 0 amide bonds. The van der Waals surface area contributed by atoms with Crippen LogP contribution in [0.1, 0.15) is 26.2 Å². The summed E-state index contributed by atoms with van der Waals surface area (Å²) in [6.07, 6.45) is 3.76. The first kappa shape index (κ1) is 14.4. The van der Waals surface area contributed by atoms with Crippen LogP contribution in [-0.2, 0) is 14.1 Å². The van der Waals surface area contributed by atoms with Crippen LogP contribution in [0.5, 0.6) is 0 Å². The van der Waals surface area contributed by atoms with Crippen molar-refractivity contribution < 1.29 is 19.0 Å². The average molecular weight is 234 g/mol. The molecule has 0 aliphatic carbocycles. The lowest BCUT2D eigenvalue weighted by Crippen LogP contribution is -2.04. The maximum absolute atomic E-state index is 11.5. The molecule has 0 saturated carbocycles. The SMILES string of the molecule is C=CC(=O)OCCCP(=O)(O)CCCC. The summed E-state index contributed by atoms with van der Waals surface area (Å²) in [7, 11) is -2.99. The van der Waals surface area contributed by atoms with Gasteiger partial charge < -0.3 is 9.63 Å². The van der Waals surface area contributed by atoms with Crippen molar-refractivity contribution in [3.63, 3.8) is 0 Å². The van der Waals surface area contributed by atoms with Gasteiger partial charge in [-0.3, -0.25) is 4.57 Å². The van der Waals surface area contributed by atoms with Gasteiger partial charge in [0.25, 0.3) is 0 Å². The summed E-state index contributed by atoms with van der Waals surface area (Å²) in [5.41, 5.74) is 0.